The Balaban J connectivity index is 1.68. The molecule has 1 heteroatoms. The van der Waals surface area contributed by atoms with Crippen LogP contribution in [0.4, 0.5) is 0 Å². The Kier molecular flexibility index (Phi) is 3.71. The largest absolute Gasteiger partial charge is 0.314 e. The van der Waals surface area contributed by atoms with Gasteiger partial charge in [-0.15, -0.1) is 0 Å². The molecule has 0 aromatic heterocycles. The van der Waals surface area contributed by atoms with Crippen LogP contribution in [0.15, 0.2) is 0 Å². The van der Waals surface area contributed by atoms with E-state index in [0.29, 0.717) is 5.41 Å². The van der Waals surface area contributed by atoms with Gasteiger partial charge in [0.25, 0.3) is 0 Å². The van der Waals surface area contributed by atoms with Crippen molar-refractivity contribution in [3.63, 3.8) is 0 Å². The third kappa shape index (κ3) is 3.48. The van der Waals surface area contributed by atoms with Crippen molar-refractivity contribution in [1.82, 2.24) is 5.32 Å². The van der Waals surface area contributed by atoms with Gasteiger partial charge >= 0.3 is 0 Å². The van der Waals surface area contributed by atoms with Gasteiger partial charge in [-0.25, -0.2) is 0 Å². The van der Waals surface area contributed by atoms with Crippen molar-refractivity contribution in [3.05, 3.63) is 0 Å². The number of nitrogens with one attached hydrogen (secondary N) is 1. The van der Waals surface area contributed by atoms with Gasteiger partial charge < -0.3 is 5.32 Å². The molecule has 0 amide bonds. The highest BCUT2D eigenvalue weighted by atomic mass is 14.9. The average molecular weight is 209 g/mol. The first-order valence-electron chi connectivity index (χ1n) is 6.89. The number of rotatable bonds is 3. The topological polar surface area (TPSA) is 12.0 Å². The van der Waals surface area contributed by atoms with Gasteiger partial charge in [0.2, 0.25) is 0 Å². The van der Waals surface area contributed by atoms with Crippen LogP contribution < -0.4 is 5.32 Å². The SMILES string of the molecule is CC1(C)CCCC(NCC2CCC2)CC1. The molecule has 1 nitrogen and oxygen atoms in total. The van der Waals surface area contributed by atoms with E-state index in [4.69, 9.17) is 0 Å². The third-order valence-corrected chi connectivity index (χ3v) is 4.50. The van der Waals surface area contributed by atoms with Crippen LogP contribution in [-0.4, -0.2) is 12.6 Å². The van der Waals surface area contributed by atoms with Crippen LogP contribution in [0, 0.1) is 11.3 Å². The zero-order chi connectivity index (χ0) is 10.7. The molecule has 0 bridgehead atoms. The predicted molar refractivity (Wildman–Crippen MR) is 66.0 cm³/mol. The first-order valence-corrected chi connectivity index (χ1v) is 6.89. The molecule has 0 aromatic rings. The van der Waals surface area contributed by atoms with Crippen molar-refractivity contribution in [2.75, 3.05) is 6.54 Å². The molecule has 0 aromatic carbocycles. The lowest BCUT2D eigenvalue weighted by Crippen LogP contribution is -2.35. The zero-order valence-electron chi connectivity index (χ0n) is 10.5. The summed E-state index contributed by atoms with van der Waals surface area (Å²) in [6.45, 7) is 6.16. The fourth-order valence-corrected chi connectivity index (χ4v) is 2.90. The first kappa shape index (κ1) is 11.4. The van der Waals surface area contributed by atoms with E-state index in [9.17, 15) is 0 Å². The Hall–Kier alpha value is -0.0400. The molecule has 15 heavy (non-hydrogen) atoms. The van der Waals surface area contributed by atoms with Gasteiger partial charge in [0.15, 0.2) is 0 Å². The second-order valence-electron chi connectivity index (χ2n) is 6.50. The molecule has 0 radical (unpaired) electrons. The Bertz CT molecular complexity index is 194. The molecule has 0 spiro atoms. The molecule has 2 rings (SSSR count). The van der Waals surface area contributed by atoms with Crippen molar-refractivity contribution < 1.29 is 0 Å². The fourth-order valence-electron chi connectivity index (χ4n) is 2.90. The summed E-state index contributed by atoms with van der Waals surface area (Å²) < 4.78 is 0. The molecule has 0 heterocycles. The Morgan fingerprint density at radius 2 is 1.80 bits per heavy atom. The van der Waals surface area contributed by atoms with Gasteiger partial charge in [-0.05, 0) is 56.4 Å². The standard InChI is InChI=1S/C14H27N/c1-14(2)9-4-7-13(8-10-14)15-11-12-5-3-6-12/h12-13,15H,3-11H2,1-2H3. The summed E-state index contributed by atoms with van der Waals surface area (Å²) in [5, 5.41) is 3.80. The minimum Gasteiger partial charge on any atom is -0.314 e. The van der Waals surface area contributed by atoms with Crippen LogP contribution in [0.1, 0.15) is 65.2 Å². The molecule has 1 atom stereocenters. The summed E-state index contributed by atoms with van der Waals surface area (Å²) in [4.78, 5) is 0. The van der Waals surface area contributed by atoms with E-state index in [0.717, 1.165) is 12.0 Å². The quantitative estimate of drug-likeness (QED) is 0.698. The van der Waals surface area contributed by atoms with Crippen LogP contribution in [0.25, 0.3) is 0 Å². The Morgan fingerprint density at radius 3 is 2.47 bits per heavy atom. The van der Waals surface area contributed by atoms with E-state index in [1.54, 1.807) is 0 Å². The molecule has 1 N–H and O–H groups in total. The van der Waals surface area contributed by atoms with Crippen molar-refractivity contribution >= 4 is 0 Å². The minimum atomic E-state index is 0.604. The summed E-state index contributed by atoms with van der Waals surface area (Å²) in [5.41, 5.74) is 0.604. The highest BCUT2D eigenvalue weighted by molar-refractivity contribution is 4.81. The maximum Gasteiger partial charge on any atom is 0.00673 e. The lowest BCUT2D eigenvalue weighted by atomic mass is 9.84. The number of hydrogen-bond acceptors (Lipinski definition) is 1. The molecule has 2 aliphatic carbocycles. The lowest BCUT2D eigenvalue weighted by molar-refractivity contribution is 0.277. The second kappa shape index (κ2) is 4.86. The highest BCUT2D eigenvalue weighted by Gasteiger charge is 2.25. The van der Waals surface area contributed by atoms with Gasteiger partial charge in [-0.1, -0.05) is 26.7 Å². The molecule has 0 aliphatic heterocycles. The first-order chi connectivity index (χ1) is 7.16. The molecular weight excluding hydrogens is 182 g/mol. The van der Waals surface area contributed by atoms with Crippen molar-refractivity contribution in [1.29, 1.82) is 0 Å². The van der Waals surface area contributed by atoms with Gasteiger partial charge in [0.1, 0.15) is 0 Å². The normalized spacial score (nSPS) is 32.0. The summed E-state index contributed by atoms with van der Waals surface area (Å²) >= 11 is 0. The van der Waals surface area contributed by atoms with Crippen LogP contribution >= 0.6 is 0 Å². The maximum absolute atomic E-state index is 3.80. The van der Waals surface area contributed by atoms with E-state index >= 15 is 0 Å². The Morgan fingerprint density at radius 1 is 1.00 bits per heavy atom. The van der Waals surface area contributed by atoms with E-state index in [1.165, 1.54) is 57.9 Å². The lowest BCUT2D eigenvalue weighted by Gasteiger charge is -2.28. The molecule has 0 saturated heterocycles. The predicted octanol–water partition coefficient (Wildman–Crippen LogP) is 3.74. The average Bonchev–Trinajstić information content (AvgIpc) is 2.25. The van der Waals surface area contributed by atoms with Crippen molar-refractivity contribution in [2.24, 2.45) is 11.3 Å². The van der Waals surface area contributed by atoms with Crippen molar-refractivity contribution in [3.8, 4) is 0 Å². The van der Waals surface area contributed by atoms with Crippen LogP contribution in [0.2, 0.25) is 0 Å². The molecule has 2 saturated carbocycles. The van der Waals surface area contributed by atoms with Gasteiger partial charge in [-0.2, -0.15) is 0 Å². The Labute approximate surface area is 95.0 Å². The van der Waals surface area contributed by atoms with E-state index < -0.39 is 0 Å². The monoisotopic (exact) mass is 209 g/mol. The van der Waals surface area contributed by atoms with Gasteiger partial charge in [0, 0.05) is 6.04 Å². The van der Waals surface area contributed by atoms with E-state index in [2.05, 4.69) is 19.2 Å². The van der Waals surface area contributed by atoms with Gasteiger partial charge in [0.05, 0.1) is 0 Å². The zero-order valence-corrected chi connectivity index (χ0v) is 10.5. The molecule has 1 unspecified atom stereocenters. The summed E-state index contributed by atoms with van der Waals surface area (Å²) in [6, 6.07) is 0.826. The fraction of sp³-hybridized carbons (Fsp3) is 1.00. The second-order valence-corrected chi connectivity index (χ2v) is 6.50. The van der Waals surface area contributed by atoms with E-state index in [1.807, 2.05) is 0 Å². The summed E-state index contributed by atoms with van der Waals surface area (Å²) in [5.74, 6) is 1.02. The molecular formula is C14H27N. The summed E-state index contributed by atoms with van der Waals surface area (Å²) in [6.07, 6.45) is 11.5. The smallest absolute Gasteiger partial charge is 0.00673 e. The van der Waals surface area contributed by atoms with Crippen LogP contribution in [0.5, 0.6) is 0 Å². The maximum atomic E-state index is 3.80. The van der Waals surface area contributed by atoms with Crippen LogP contribution in [0.3, 0.4) is 0 Å². The van der Waals surface area contributed by atoms with Crippen molar-refractivity contribution in [2.45, 2.75) is 71.3 Å². The molecule has 2 fully saturated rings. The minimum absolute atomic E-state index is 0.604. The van der Waals surface area contributed by atoms with Crippen LogP contribution in [-0.2, 0) is 0 Å². The van der Waals surface area contributed by atoms with Gasteiger partial charge in [-0.3, -0.25) is 0 Å². The number of hydrogen-bond donors (Lipinski definition) is 1. The highest BCUT2D eigenvalue weighted by Crippen LogP contribution is 2.34. The molecule has 2 aliphatic rings. The molecule has 88 valence electrons. The van der Waals surface area contributed by atoms with E-state index in [-0.39, 0.29) is 0 Å². The summed E-state index contributed by atoms with van der Waals surface area (Å²) in [7, 11) is 0. The third-order valence-electron chi connectivity index (χ3n) is 4.50.